The van der Waals surface area contributed by atoms with E-state index in [9.17, 15) is 14.4 Å². The van der Waals surface area contributed by atoms with Crippen LogP contribution in [0.15, 0.2) is 36.5 Å². The van der Waals surface area contributed by atoms with E-state index >= 15 is 0 Å². The highest BCUT2D eigenvalue weighted by Crippen LogP contribution is 2.17. The molecule has 0 aromatic heterocycles. The van der Waals surface area contributed by atoms with Gasteiger partial charge >= 0.3 is 17.9 Å². The lowest BCUT2D eigenvalue weighted by molar-refractivity contribution is -0.167. The van der Waals surface area contributed by atoms with E-state index in [2.05, 4.69) is 57.2 Å². The van der Waals surface area contributed by atoms with E-state index in [4.69, 9.17) is 14.2 Å². The van der Waals surface area contributed by atoms with Crippen molar-refractivity contribution in [2.75, 3.05) is 13.2 Å². The minimum atomic E-state index is -0.773. The Morgan fingerprint density at radius 3 is 0.879 bits per heavy atom. The topological polar surface area (TPSA) is 78.9 Å². The Kier molecular flexibility index (Phi) is 53.2. The lowest BCUT2D eigenvalue weighted by Crippen LogP contribution is -2.30. The Morgan fingerprint density at radius 1 is 0.303 bits per heavy atom. The third-order valence-corrected chi connectivity index (χ3v) is 12.9. The molecular formula is C60H110O6. The Balaban J connectivity index is 4.31. The maximum atomic E-state index is 12.8. The summed E-state index contributed by atoms with van der Waals surface area (Å²) in [5.74, 6) is -0.867. The van der Waals surface area contributed by atoms with Gasteiger partial charge in [0.25, 0.3) is 0 Å². The Labute approximate surface area is 410 Å². The number of carbonyl (C=O) groups excluding carboxylic acids is 3. The van der Waals surface area contributed by atoms with Crippen molar-refractivity contribution >= 4 is 17.9 Å². The zero-order chi connectivity index (χ0) is 47.9. The third-order valence-electron chi connectivity index (χ3n) is 12.9. The van der Waals surface area contributed by atoms with Crippen LogP contribution in [-0.4, -0.2) is 37.2 Å². The molecule has 1 atom stereocenters. The number of carbonyl (C=O) groups is 3. The fraction of sp³-hybridized carbons (Fsp3) is 0.850. The van der Waals surface area contributed by atoms with E-state index in [-0.39, 0.29) is 31.1 Å². The van der Waals surface area contributed by atoms with Crippen LogP contribution in [0, 0.1) is 0 Å². The summed E-state index contributed by atoms with van der Waals surface area (Å²) in [7, 11) is 0. The minimum Gasteiger partial charge on any atom is -0.462 e. The van der Waals surface area contributed by atoms with Gasteiger partial charge in [0.05, 0.1) is 0 Å². The maximum Gasteiger partial charge on any atom is 0.306 e. The van der Waals surface area contributed by atoms with Crippen molar-refractivity contribution in [2.45, 2.75) is 316 Å². The van der Waals surface area contributed by atoms with Gasteiger partial charge in [-0.1, -0.05) is 269 Å². The summed E-state index contributed by atoms with van der Waals surface area (Å²) < 4.78 is 16.9. The molecule has 0 aliphatic carbocycles. The van der Waals surface area contributed by atoms with Crippen LogP contribution in [-0.2, 0) is 28.6 Å². The molecule has 6 heteroatoms. The highest BCUT2D eigenvalue weighted by molar-refractivity contribution is 5.71. The predicted molar refractivity (Wildman–Crippen MR) is 284 cm³/mol. The monoisotopic (exact) mass is 927 g/mol. The van der Waals surface area contributed by atoms with Crippen LogP contribution in [0.5, 0.6) is 0 Å². The molecule has 0 heterocycles. The number of rotatable bonds is 53. The second-order valence-electron chi connectivity index (χ2n) is 19.6. The van der Waals surface area contributed by atoms with Gasteiger partial charge < -0.3 is 14.2 Å². The Morgan fingerprint density at radius 2 is 0.545 bits per heavy atom. The highest BCUT2D eigenvalue weighted by atomic mass is 16.6. The lowest BCUT2D eigenvalue weighted by Gasteiger charge is -2.18. The van der Waals surface area contributed by atoms with Gasteiger partial charge in [-0.3, -0.25) is 14.4 Å². The first-order valence-electron chi connectivity index (χ1n) is 29.0. The second-order valence-corrected chi connectivity index (χ2v) is 19.6. The molecule has 66 heavy (non-hydrogen) atoms. The summed E-state index contributed by atoms with van der Waals surface area (Å²) in [6.45, 7) is 6.64. The highest BCUT2D eigenvalue weighted by Gasteiger charge is 2.19. The number of allylic oxidation sites excluding steroid dienone is 6. The SMILES string of the molecule is CCCCC/C=C\C/C=C\C/C=C\CCCCCCCCC(=O)OC[C@@H](COC(=O)CCCCCCCCCCCCC)OC(=O)CCCCCCCCCCCCCCCCCCCC. The summed E-state index contributed by atoms with van der Waals surface area (Å²) in [5, 5.41) is 0. The fourth-order valence-corrected chi connectivity index (χ4v) is 8.51. The zero-order valence-electron chi connectivity index (χ0n) is 44.2. The van der Waals surface area contributed by atoms with E-state index in [1.807, 2.05) is 0 Å². The largest absolute Gasteiger partial charge is 0.462 e. The molecule has 0 amide bonds. The van der Waals surface area contributed by atoms with Crippen molar-refractivity contribution in [3.05, 3.63) is 36.5 Å². The van der Waals surface area contributed by atoms with Crippen LogP contribution in [0.2, 0.25) is 0 Å². The van der Waals surface area contributed by atoms with Crippen LogP contribution < -0.4 is 0 Å². The summed E-state index contributed by atoms with van der Waals surface area (Å²) in [6.07, 6.45) is 65.6. The number of ether oxygens (including phenoxy) is 3. The molecule has 0 aromatic carbocycles. The van der Waals surface area contributed by atoms with Crippen molar-refractivity contribution < 1.29 is 28.6 Å². The normalized spacial score (nSPS) is 12.2. The van der Waals surface area contributed by atoms with Crippen LogP contribution in [0.4, 0.5) is 0 Å². The molecule has 0 rings (SSSR count). The van der Waals surface area contributed by atoms with Gasteiger partial charge in [-0.25, -0.2) is 0 Å². The number of unbranched alkanes of at least 4 members (excludes halogenated alkanes) is 36. The molecule has 0 unspecified atom stereocenters. The quantitative estimate of drug-likeness (QED) is 0.0262. The van der Waals surface area contributed by atoms with E-state index < -0.39 is 6.10 Å². The average Bonchev–Trinajstić information content (AvgIpc) is 3.31. The second kappa shape index (κ2) is 55.2. The summed E-state index contributed by atoms with van der Waals surface area (Å²) in [6, 6.07) is 0. The molecule has 0 radical (unpaired) electrons. The van der Waals surface area contributed by atoms with Gasteiger partial charge in [0, 0.05) is 19.3 Å². The number of esters is 3. The van der Waals surface area contributed by atoms with Crippen LogP contribution in [0.3, 0.4) is 0 Å². The molecule has 0 aromatic rings. The number of hydrogen-bond acceptors (Lipinski definition) is 6. The van der Waals surface area contributed by atoms with E-state index in [1.54, 1.807) is 0 Å². The molecule has 0 bridgehead atoms. The van der Waals surface area contributed by atoms with Gasteiger partial charge in [-0.05, 0) is 57.8 Å². The molecule has 0 fully saturated rings. The molecule has 0 N–H and O–H groups in total. The van der Waals surface area contributed by atoms with Crippen LogP contribution in [0.25, 0.3) is 0 Å². The first kappa shape index (κ1) is 63.6. The lowest BCUT2D eigenvalue weighted by atomic mass is 10.0. The summed E-state index contributed by atoms with van der Waals surface area (Å²) in [4.78, 5) is 38.1. The smallest absolute Gasteiger partial charge is 0.306 e. The van der Waals surface area contributed by atoms with Crippen molar-refractivity contribution in [3.8, 4) is 0 Å². The van der Waals surface area contributed by atoms with Gasteiger partial charge in [0.2, 0.25) is 0 Å². The van der Waals surface area contributed by atoms with Gasteiger partial charge in [-0.15, -0.1) is 0 Å². The molecule has 0 spiro atoms. The van der Waals surface area contributed by atoms with E-state index in [0.29, 0.717) is 19.3 Å². The van der Waals surface area contributed by atoms with Crippen molar-refractivity contribution in [3.63, 3.8) is 0 Å². The molecular weight excluding hydrogens is 817 g/mol. The number of hydrogen-bond donors (Lipinski definition) is 0. The molecule has 386 valence electrons. The Hall–Kier alpha value is -2.37. The van der Waals surface area contributed by atoms with Crippen molar-refractivity contribution in [1.82, 2.24) is 0 Å². The summed E-state index contributed by atoms with van der Waals surface area (Å²) >= 11 is 0. The van der Waals surface area contributed by atoms with Gasteiger partial charge in [-0.2, -0.15) is 0 Å². The van der Waals surface area contributed by atoms with Crippen molar-refractivity contribution in [2.24, 2.45) is 0 Å². The molecule has 0 aliphatic rings. The minimum absolute atomic E-state index is 0.0717. The standard InChI is InChI=1S/C60H110O6/c1-4-7-10-13-16-19-22-24-26-28-30-32-33-35-38-41-44-47-50-53-59(62)65-56-57(55-64-58(61)52-49-46-43-40-37-21-18-15-12-9-6-3)66-60(63)54-51-48-45-42-39-36-34-31-29-27-25-23-20-17-14-11-8-5-2/h16,19,24,26,30,32,57H,4-15,17-18,20-23,25,27-29,31,33-56H2,1-3H3/b19-16-,26-24-,32-30-/t57-/m1/s1. The first-order chi connectivity index (χ1) is 32.5. The van der Waals surface area contributed by atoms with Gasteiger partial charge in [0.15, 0.2) is 6.10 Å². The van der Waals surface area contributed by atoms with Crippen LogP contribution >= 0.6 is 0 Å². The van der Waals surface area contributed by atoms with Crippen molar-refractivity contribution in [1.29, 1.82) is 0 Å². The molecule has 0 saturated heterocycles. The molecule has 0 saturated carbocycles. The maximum absolute atomic E-state index is 12.8. The summed E-state index contributed by atoms with van der Waals surface area (Å²) in [5.41, 5.74) is 0. The van der Waals surface area contributed by atoms with Crippen LogP contribution in [0.1, 0.15) is 310 Å². The average molecular weight is 928 g/mol. The Bertz CT molecular complexity index is 1110. The predicted octanol–water partition coefficient (Wildman–Crippen LogP) is 19.3. The van der Waals surface area contributed by atoms with E-state index in [0.717, 1.165) is 77.0 Å². The molecule has 0 aliphatic heterocycles. The van der Waals surface area contributed by atoms with Gasteiger partial charge in [0.1, 0.15) is 13.2 Å². The molecule has 6 nitrogen and oxygen atoms in total. The zero-order valence-corrected chi connectivity index (χ0v) is 44.2. The van der Waals surface area contributed by atoms with E-state index in [1.165, 1.54) is 193 Å². The fourth-order valence-electron chi connectivity index (χ4n) is 8.51. The third kappa shape index (κ3) is 52.6. The first-order valence-corrected chi connectivity index (χ1v) is 29.0.